The SMILES string of the molecule is N#Cc1cccnc1N1CCN(S(=O)(=O)c2cccc3nsnc23)CC1. The summed E-state index contributed by atoms with van der Waals surface area (Å²) in [5, 5.41) is 9.22. The van der Waals surface area contributed by atoms with Crippen molar-refractivity contribution < 1.29 is 8.42 Å². The number of hydrogen-bond donors (Lipinski definition) is 0. The van der Waals surface area contributed by atoms with Crippen molar-refractivity contribution in [1.29, 1.82) is 5.26 Å². The average molecular weight is 386 g/mol. The molecule has 10 heteroatoms. The van der Waals surface area contributed by atoms with Crippen LogP contribution in [0.15, 0.2) is 41.4 Å². The maximum atomic E-state index is 13.0. The highest BCUT2D eigenvalue weighted by Crippen LogP contribution is 2.26. The molecule has 2 aromatic heterocycles. The first-order valence-corrected chi connectivity index (χ1v) is 10.1. The minimum Gasteiger partial charge on any atom is -0.353 e. The molecule has 1 fully saturated rings. The Morgan fingerprint density at radius 1 is 1.08 bits per heavy atom. The largest absolute Gasteiger partial charge is 0.353 e. The number of benzene rings is 1. The van der Waals surface area contributed by atoms with Crippen LogP contribution < -0.4 is 4.90 Å². The number of anilines is 1. The summed E-state index contributed by atoms with van der Waals surface area (Å²) in [6.07, 6.45) is 1.63. The van der Waals surface area contributed by atoms with Gasteiger partial charge in [0.2, 0.25) is 10.0 Å². The van der Waals surface area contributed by atoms with Gasteiger partial charge in [-0.05, 0) is 24.3 Å². The van der Waals surface area contributed by atoms with E-state index in [1.165, 1.54) is 4.31 Å². The molecule has 1 saturated heterocycles. The number of pyridine rings is 1. The lowest BCUT2D eigenvalue weighted by atomic mass is 10.2. The Kier molecular flexibility index (Phi) is 4.28. The van der Waals surface area contributed by atoms with Gasteiger partial charge in [0, 0.05) is 32.4 Å². The third-order valence-electron chi connectivity index (χ3n) is 4.31. The second-order valence-corrected chi connectivity index (χ2v) is 8.20. The molecule has 0 spiro atoms. The van der Waals surface area contributed by atoms with E-state index in [9.17, 15) is 13.7 Å². The summed E-state index contributed by atoms with van der Waals surface area (Å²) < 4.78 is 35.8. The summed E-state index contributed by atoms with van der Waals surface area (Å²) in [5.41, 5.74) is 1.49. The molecule has 1 aliphatic heterocycles. The van der Waals surface area contributed by atoms with Crippen LogP contribution in [0.1, 0.15) is 5.56 Å². The van der Waals surface area contributed by atoms with Crippen molar-refractivity contribution in [1.82, 2.24) is 18.0 Å². The molecular formula is C16H14N6O2S2. The number of rotatable bonds is 3. The number of sulfonamides is 1. The van der Waals surface area contributed by atoms with Crippen molar-refractivity contribution in [2.24, 2.45) is 0 Å². The molecule has 0 aliphatic carbocycles. The van der Waals surface area contributed by atoms with Crippen LogP contribution in [0.4, 0.5) is 5.82 Å². The standard InChI is InChI=1S/C16H14N6O2S2/c17-11-12-3-2-6-18-16(12)21-7-9-22(10-8-21)26(23,24)14-5-1-4-13-15(14)20-25-19-13/h1-6H,7-10H2. The fourth-order valence-electron chi connectivity index (χ4n) is 3.01. The van der Waals surface area contributed by atoms with Crippen molar-refractivity contribution in [2.45, 2.75) is 4.90 Å². The number of hydrogen-bond acceptors (Lipinski definition) is 8. The maximum Gasteiger partial charge on any atom is 0.245 e. The zero-order valence-corrected chi connectivity index (χ0v) is 15.2. The van der Waals surface area contributed by atoms with E-state index in [4.69, 9.17) is 0 Å². The maximum absolute atomic E-state index is 13.0. The number of nitrogens with zero attached hydrogens (tertiary/aromatic N) is 6. The molecule has 4 rings (SSSR count). The summed E-state index contributed by atoms with van der Waals surface area (Å²) >= 11 is 1.00. The van der Waals surface area contributed by atoms with Gasteiger partial charge in [0.15, 0.2) is 0 Å². The minimum absolute atomic E-state index is 0.188. The third kappa shape index (κ3) is 2.80. The zero-order chi connectivity index (χ0) is 18.1. The summed E-state index contributed by atoms with van der Waals surface area (Å²) in [4.78, 5) is 6.40. The van der Waals surface area contributed by atoms with Gasteiger partial charge in [0.25, 0.3) is 0 Å². The second kappa shape index (κ2) is 6.60. The molecule has 132 valence electrons. The Labute approximate surface area is 154 Å². The van der Waals surface area contributed by atoms with Crippen molar-refractivity contribution in [3.63, 3.8) is 0 Å². The molecule has 0 N–H and O–H groups in total. The molecule has 1 aromatic carbocycles. The topological polar surface area (TPSA) is 103 Å². The van der Waals surface area contributed by atoms with Crippen molar-refractivity contribution in [2.75, 3.05) is 31.1 Å². The molecule has 3 aromatic rings. The van der Waals surface area contributed by atoms with Crippen LogP contribution in [0.3, 0.4) is 0 Å². The van der Waals surface area contributed by atoms with Gasteiger partial charge in [0.1, 0.15) is 27.8 Å². The molecule has 26 heavy (non-hydrogen) atoms. The van der Waals surface area contributed by atoms with E-state index >= 15 is 0 Å². The number of aromatic nitrogens is 3. The zero-order valence-electron chi connectivity index (χ0n) is 13.6. The summed E-state index contributed by atoms with van der Waals surface area (Å²) in [6.45, 7) is 1.57. The first kappa shape index (κ1) is 16.8. The van der Waals surface area contributed by atoms with Crippen LogP contribution in [-0.4, -0.2) is 52.6 Å². The van der Waals surface area contributed by atoms with Crippen LogP contribution in [0, 0.1) is 11.3 Å². The van der Waals surface area contributed by atoms with E-state index in [2.05, 4.69) is 19.8 Å². The average Bonchev–Trinajstić information content (AvgIpc) is 3.16. The molecule has 8 nitrogen and oxygen atoms in total. The van der Waals surface area contributed by atoms with Gasteiger partial charge in [-0.15, -0.1) is 0 Å². The second-order valence-electron chi connectivity index (χ2n) is 5.77. The normalized spacial score (nSPS) is 15.9. The smallest absolute Gasteiger partial charge is 0.245 e. The van der Waals surface area contributed by atoms with Crippen molar-refractivity contribution in [3.8, 4) is 6.07 Å². The Hall–Kier alpha value is -2.61. The van der Waals surface area contributed by atoms with Gasteiger partial charge in [0.05, 0.1) is 17.3 Å². The first-order valence-electron chi connectivity index (χ1n) is 7.93. The Morgan fingerprint density at radius 2 is 1.88 bits per heavy atom. The molecule has 1 aliphatic rings. The monoisotopic (exact) mass is 386 g/mol. The number of fused-ring (bicyclic) bond motifs is 1. The van der Waals surface area contributed by atoms with Crippen LogP contribution >= 0.6 is 11.7 Å². The van der Waals surface area contributed by atoms with E-state index < -0.39 is 10.0 Å². The number of piperazine rings is 1. The van der Waals surface area contributed by atoms with E-state index in [1.807, 2.05) is 4.90 Å². The van der Waals surface area contributed by atoms with Gasteiger partial charge >= 0.3 is 0 Å². The Morgan fingerprint density at radius 3 is 2.65 bits per heavy atom. The lowest BCUT2D eigenvalue weighted by molar-refractivity contribution is 0.384. The fraction of sp³-hybridized carbons (Fsp3) is 0.250. The predicted octanol–water partition coefficient (Wildman–Crippen LogP) is 1.47. The molecule has 0 unspecified atom stereocenters. The van der Waals surface area contributed by atoms with Crippen molar-refractivity contribution >= 4 is 38.6 Å². The summed E-state index contributed by atoms with van der Waals surface area (Å²) in [5.74, 6) is 0.595. The summed E-state index contributed by atoms with van der Waals surface area (Å²) in [7, 11) is -3.65. The van der Waals surface area contributed by atoms with E-state index in [0.717, 1.165) is 11.7 Å². The Bertz CT molecular complexity index is 1100. The van der Waals surface area contributed by atoms with E-state index in [-0.39, 0.29) is 4.90 Å². The highest BCUT2D eigenvalue weighted by Gasteiger charge is 2.31. The minimum atomic E-state index is -3.65. The molecule has 0 bridgehead atoms. The molecule has 3 heterocycles. The van der Waals surface area contributed by atoms with E-state index in [1.54, 1.807) is 36.5 Å². The molecule has 0 radical (unpaired) electrons. The van der Waals surface area contributed by atoms with E-state index in [0.29, 0.717) is 48.6 Å². The van der Waals surface area contributed by atoms with Crippen LogP contribution in [0.25, 0.3) is 11.0 Å². The quantitative estimate of drug-likeness (QED) is 0.671. The molecule has 0 saturated carbocycles. The lowest BCUT2D eigenvalue weighted by Gasteiger charge is -2.34. The highest BCUT2D eigenvalue weighted by molar-refractivity contribution is 7.89. The highest BCUT2D eigenvalue weighted by atomic mass is 32.2. The van der Waals surface area contributed by atoms with Crippen LogP contribution in [0.5, 0.6) is 0 Å². The Balaban J connectivity index is 1.58. The van der Waals surface area contributed by atoms with Gasteiger partial charge < -0.3 is 4.90 Å². The third-order valence-corrected chi connectivity index (χ3v) is 6.78. The summed E-state index contributed by atoms with van der Waals surface area (Å²) in [6, 6.07) is 10.5. The predicted molar refractivity (Wildman–Crippen MR) is 97.3 cm³/mol. The molecule has 0 amide bonds. The van der Waals surface area contributed by atoms with Gasteiger partial charge in [-0.3, -0.25) is 0 Å². The van der Waals surface area contributed by atoms with Gasteiger partial charge in [-0.2, -0.15) is 18.3 Å². The van der Waals surface area contributed by atoms with Crippen molar-refractivity contribution in [3.05, 3.63) is 42.1 Å². The molecular weight excluding hydrogens is 372 g/mol. The lowest BCUT2D eigenvalue weighted by Crippen LogP contribution is -2.49. The number of nitriles is 1. The molecule has 0 atom stereocenters. The van der Waals surface area contributed by atoms with Crippen LogP contribution in [-0.2, 0) is 10.0 Å². The first-order chi connectivity index (χ1) is 12.6. The van der Waals surface area contributed by atoms with Gasteiger partial charge in [-0.1, -0.05) is 6.07 Å². The van der Waals surface area contributed by atoms with Crippen LogP contribution in [0.2, 0.25) is 0 Å². The van der Waals surface area contributed by atoms with Gasteiger partial charge in [-0.25, -0.2) is 13.4 Å². The fourth-order valence-corrected chi connectivity index (χ4v) is 5.18.